The van der Waals surface area contributed by atoms with Crippen LogP contribution >= 0.6 is 11.3 Å². The largest absolute Gasteiger partial charge is 0.448 e. The molecule has 7 heteroatoms. The molecule has 6 nitrogen and oxygen atoms in total. The molecule has 0 unspecified atom stereocenters. The Kier molecular flexibility index (Phi) is 5.33. The van der Waals surface area contributed by atoms with Gasteiger partial charge in [0.1, 0.15) is 17.6 Å². The van der Waals surface area contributed by atoms with Gasteiger partial charge in [0.2, 0.25) is 11.5 Å². The summed E-state index contributed by atoms with van der Waals surface area (Å²) < 4.78 is 6.99. The third-order valence-electron chi connectivity index (χ3n) is 5.52. The highest BCUT2D eigenvalue weighted by atomic mass is 32.1. The lowest BCUT2D eigenvalue weighted by molar-refractivity contribution is -0.122. The van der Waals surface area contributed by atoms with Gasteiger partial charge in [0.15, 0.2) is 0 Å². The molecule has 0 aliphatic rings. The fraction of sp³-hybridized carbons (Fsp3) is 0.160. The molecule has 0 saturated carbocycles. The van der Waals surface area contributed by atoms with E-state index in [1.807, 2.05) is 47.8 Å². The number of para-hydroxylation sites is 1. The van der Waals surface area contributed by atoms with Gasteiger partial charge in [0, 0.05) is 10.3 Å². The molecule has 3 aromatic heterocycles. The predicted molar refractivity (Wildman–Crippen MR) is 126 cm³/mol. The van der Waals surface area contributed by atoms with E-state index in [1.54, 1.807) is 17.4 Å². The third kappa shape index (κ3) is 3.71. The van der Waals surface area contributed by atoms with Crippen LogP contribution in [0.2, 0.25) is 0 Å². The van der Waals surface area contributed by atoms with Gasteiger partial charge in [-0.3, -0.25) is 14.2 Å². The number of carbonyl (C=O) groups is 1. The Morgan fingerprint density at radius 3 is 2.69 bits per heavy atom. The first kappa shape index (κ1) is 20.2. The van der Waals surface area contributed by atoms with E-state index in [4.69, 9.17) is 4.42 Å². The normalized spacial score (nSPS) is 12.3. The van der Waals surface area contributed by atoms with E-state index >= 15 is 0 Å². The van der Waals surface area contributed by atoms with Crippen molar-refractivity contribution in [3.63, 3.8) is 0 Å². The fourth-order valence-corrected chi connectivity index (χ4v) is 4.61. The first-order valence-corrected chi connectivity index (χ1v) is 11.3. The number of aromatic nitrogens is 2. The zero-order valence-corrected chi connectivity index (χ0v) is 18.3. The zero-order valence-electron chi connectivity index (χ0n) is 17.4. The molecule has 0 radical (unpaired) electrons. The molecule has 5 aromatic rings. The van der Waals surface area contributed by atoms with Crippen molar-refractivity contribution in [3.05, 3.63) is 98.7 Å². The maximum atomic E-state index is 13.0. The van der Waals surface area contributed by atoms with Crippen LogP contribution in [0, 0.1) is 0 Å². The van der Waals surface area contributed by atoms with Crippen LogP contribution < -0.4 is 10.9 Å². The van der Waals surface area contributed by atoms with Crippen molar-refractivity contribution in [2.24, 2.45) is 0 Å². The minimum Gasteiger partial charge on any atom is -0.448 e. The number of fused-ring (bicyclic) bond motifs is 3. The highest BCUT2D eigenvalue weighted by Gasteiger charge is 2.20. The topological polar surface area (TPSA) is 77.1 Å². The second-order valence-electron chi connectivity index (χ2n) is 7.56. The van der Waals surface area contributed by atoms with E-state index in [2.05, 4.69) is 29.4 Å². The minimum atomic E-state index is -0.374. The van der Waals surface area contributed by atoms with Crippen LogP contribution in [0.3, 0.4) is 0 Å². The molecular formula is C25H21N3O3S. The van der Waals surface area contributed by atoms with Gasteiger partial charge < -0.3 is 9.73 Å². The quantitative estimate of drug-likeness (QED) is 0.414. The van der Waals surface area contributed by atoms with Gasteiger partial charge >= 0.3 is 0 Å². The van der Waals surface area contributed by atoms with Crippen LogP contribution in [-0.4, -0.2) is 15.5 Å². The number of nitrogens with one attached hydrogen (secondary N) is 1. The molecule has 3 heterocycles. The number of hydrogen-bond acceptors (Lipinski definition) is 5. The number of furan rings is 1. The second kappa shape index (κ2) is 8.43. The number of amides is 1. The smallest absolute Gasteiger partial charge is 0.297 e. The molecule has 0 aliphatic carbocycles. The lowest BCUT2D eigenvalue weighted by Crippen LogP contribution is -2.35. The average Bonchev–Trinajstić information content (AvgIpc) is 3.48. The second-order valence-corrected chi connectivity index (χ2v) is 8.54. The summed E-state index contributed by atoms with van der Waals surface area (Å²) in [6.07, 6.45) is 2.36. The lowest BCUT2D eigenvalue weighted by Gasteiger charge is -2.19. The molecule has 160 valence electrons. The van der Waals surface area contributed by atoms with Gasteiger partial charge in [-0.1, -0.05) is 49.4 Å². The SMILES string of the molecule is CCc1ccc([C@@H](NC(=O)Cn2cnc3c(oc4ccccc43)c2=O)c2cccs2)cc1. The van der Waals surface area contributed by atoms with E-state index in [0.29, 0.717) is 11.1 Å². The molecule has 1 N–H and O–H groups in total. The van der Waals surface area contributed by atoms with Gasteiger partial charge in [-0.05, 0) is 41.1 Å². The molecule has 2 aromatic carbocycles. The predicted octanol–water partition coefficient (Wildman–Crippen LogP) is 4.67. The van der Waals surface area contributed by atoms with E-state index in [9.17, 15) is 9.59 Å². The summed E-state index contributed by atoms with van der Waals surface area (Å²) in [6, 6.07) is 19.3. The number of nitrogens with zero attached hydrogens (tertiary/aromatic N) is 2. The third-order valence-corrected chi connectivity index (χ3v) is 6.46. The van der Waals surface area contributed by atoms with Crippen LogP contribution in [0.4, 0.5) is 0 Å². The first-order chi connectivity index (χ1) is 15.6. The van der Waals surface area contributed by atoms with Gasteiger partial charge in [-0.15, -0.1) is 11.3 Å². The lowest BCUT2D eigenvalue weighted by atomic mass is 10.0. The van der Waals surface area contributed by atoms with Crippen molar-refractivity contribution in [2.45, 2.75) is 25.9 Å². The van der Waals surface area contributed by atoms with Crippen LogP contribution in [-0.2, 0) is 17.8 Å². The highest BCUT2D eigenvalue weighted by molar-refractivity contribution is 7.10. The summed E-state index contributed by atoms with van der Waals surface area (Å²) in [5, 5.41) is 5.84. The molecule has 0 aliphatic heterocycles. The van der Waals surface area contributed by atoms with Crippen LogP contribution in [0.1, 0.15) is 29.0 Å². The monoisotopic (exact) mass is 443 g/mol. The van der Waals surface area contributed by atoms with Crippen molar-refractivity contribution < 1.29 is 9.21 Å². The molecule has 0 saturated heterocycles. The maximum absolute atomic E-state index is 13.0. The molecular weight excluding hydrogens is 422 g/mol. The fourth-order valence-electron chi connectivity index (χ4n) is 3.81. The number of benzene rings is 2. The summed E-state index contributed by atoms with van der Waals surface area (Å²) in [5.74, 6) is -0.276. The van der Waals surface area contributed by atoms with Crippen molar-refractivity contribution in [3.8, 4) is 0 Å². The Balaban J connectivity index is 1.43. The minimum absolute atomic E-state index is 0.145. The van der Waals surface area contributed by atoms with Crippen molar-refractivity contribution in [1.29, 1.82) is 0 Å². The van der Waals surface area contributed by atoms with E-state index < -0.39 is 0 Å². The molecule has 0 fully saturated rings. The van der Waals surface area contributed by atoms with Crippen molar-refractivity contribution in [2.75, 3.05) is 0 Å². The molecule has 1 amide bonds. The van der Waals surface area contributed by atoms with Crippen molar-refractivity contribution >= 4 is 39.3 Å². The Morgan fingerprint density at radius 2 is 1.94 bits per heavy atom. The summed E-state index contributed by atoms with van der Waals surface area (Å²) in [5.41, 5.74) is 3.13. The number of carbonyl (C=O) groups excluding carboxylic acids is 1. The maximum Gasteiger partial charge on any atom is 0.297 e. The highest BCUT2D eigenvalue weighted by Crippen LogP contribution is 2.27. The standard InChI is InChI=1S/C25H21N3O3S/c1-2-16-9-11-17(12-10-16)22(20-8-5-13-32-20)27-21(29)14-28-15-26-23-18-6-3-4-7-19(18)31-24(23)25(28)30/h3-13,15,22H,2,14H2,1H3,(H,27,29)/t22-/m1/s1. The van der Waals surface area contributed by atoms with Crippen LogP contribution in [0.25, 0.3) is 22.1 Å². The Morgan fingerprint density at radius 1 is 1.12 bits per heavy atom. The van der Waals surface area contributed by atoms with E-state index in [-0.39, 0.29) is 29.6 Å². The van der Waals surface area contributed by atoms with Gasteiger partial charge in [-0.25, -0.2) is 4.98 Å². The van der Waals surface area contributed by atoms with E-state index in [1.165, 1.54) is 16.5 Å². The molecule has 5 rings (SSSR count). The van der Waals surface area contributed by atoms with Crippen molar-refractivity contribution in [1.82, 2.24) is 14.9 Å². The Labute approximate surface area is 188 Å². The summed E-state index contributed by atoms with van der Waals surface area (Å²) in [6.45, 7) is 1.96. The van der Waals surface area contributed by atoms with Gasteiger partial charge in [-0.2, -0.15) is 0 Å². The zero-order chi connectivity index (χ0) is 22.1. The van der Waals surface area contributed by atoms with Crippen LogP contribution in [0.5, 0.6) is 0 Å². The number of hydrogen-bond donors (Lipinski definition) is 1. The Hall–Kier alpha value is -3.71. The van der Waals surface area contributed by atoms with Gasteiger partial charge in [0.05, 0.1) is 12.4 Å². The summed E-state index contributed by atoms with van der Waals surface area (Å²) >= 11 is 1.58. The van der Waals surface area contributed by atoms with E-state index in [0.717, 1.165) is 22.2 Å². The molecule has 0 bridgehead atoms. The molecule has 0 spiro atoms. The Bertz CT molecular complexity index is 1450. The summed E-state index contributed by atoms with van der Waals surface area (Å²) in [4.78, 5) is 31.3. The summed E-state index contributed by atoms with van der Waals surface area (Å²) in [7, 11) is 0. The molecule has 32 heavy (non-hydrogen) atoms. The first-order valence-electron chi connectivity index (χ1n) is 10.4. The van der Waals surface area contributed by atoms with Gasteiger partial charge in [0.25, 0.3) is 5.56 Å². The average molecular weight is 444 g/mol. The number of aryl methyl sites for hydroxylation is 1. The number of rotatable bonds is 6. The molecule has 1 atom stereocenters. The number of thiophene rings is 1. The van der Waals surface area contributed by atoms with Crippen LogP contribution in [0.15, 0.2) is 81.6 Å².